The SMILES string of the molecule is Fc1ccc(C(F)(F)F)cc1CNc1cccc(OCc2ccccc2)n1. The highest BCUT2D eigenvalue weighted by Gasteiger charge is 2.31. The van der Waals surface area contributed by atoms with E-state index in [0.717, 1.165) is 23.8 Å². The second-order valence-electron chi connectivity index (χ2n) is 5.79. The average Bonchev–Trinajstić information content (AvgIpc) is 2.66. The predicted molar refractivity (Wildman–Crippen MR) is 93.7 cm³/mol. The van der Waals surface area contributed by atoms with Crippen molar-refractivity contribution in [3.8, 4) is 5.88 Å². The number of rotatable bonds is 6. The third-order valence-corrected chi connectivity index (χ3v) is 3.79. The topological polar surface area (TPSA) is 34.1 Å². The van der Waals surface area contributed by atoms with Crippen LogP contribution < -0.4 is 10.1 Å². The first-order valence-electron chi connectivity index (χ1n) is 8.15. The van der Waals surface area contributed by atoms with Gasteiger partial charge in [0.1, 0.15) is 18.2 Å². The summed E-state index contributed by atoms with van der Waals surface area (Å²) in [5, 5.41) is 2.82. The largest absolute Gasteiger partial charge is 0.473 e. The van der Waals surface area contributed by atoms with Crippen LogP contribution in [0.2, 0.25) is 0 Å². The number of anilines is 1. The first-order chi connectivity index (χ1) is 12.9. The first-order valence-corrected chi connectivity index (χ1v) is 8.15. The highest BCUT2D eigenvalue weighted by atomic mass is 19.4. The molecule has 7 heteroatoms. The fourth-order valence-electron chi connectivity index (χ4n) is 2.40. The van der Waals surface area contributed by atoms with Crippen molar-refractivity contribution in [2.24, 2.45) is 0 Å². The summed E-state index contributed by atoms with van der Waals surface area (Å²) in [5.41, 5.74) is -0.0143. The van der Waals surface area contributed by atoms with Gasteiger partial charge in [-0.2, -0.15) is 18.2 Å². The molecule has 0 atom stereocenters. The molecule has 0 aliphatic heterocycles. The molecule has 0 radical (unpaired) electrons. The van der Waals surface area contributed by atoms with E-state index in [1.54, 1.807) is 18.2 Å². The van der Waals surface area contributed by atoms with E-state index in [0.29, 0.717) is 18.3 Å². The van der Waals surface area contributed by atoms with Crippen LogP contribution in [0.4, 0.5) is 23.4 Å². The minimum absolute atomic E-state index is 0.0952. The monoisotopic (exact) mass is 376 g/mol. The van der Waals surface area contributed by atoms with Gasteiger partial charge in [0, 0.05) is 18.2 Å². The van der Waals surface area contributed by atoms with Crippen molar-refractivity contribution in [1.29, 1.82) is 0 Å². The zero-order valence-electron chi connectivity index (χ0n) is 14.1. The number of nitrogens with zero attached hydrogens (tertiary/aromatic N) is 1. The molecular formula is C20H16F4N2O. The van der Waals surface area contributed by atoms with Gasteiger partial charge in [0.25, 0.3) is 0 Å². The minimum atomic E-state index is -4.52. The molecule has 3 rings (SSSR count). The average molecular weight is 376 g/mol. The molecular weight excluding hydrogens is 360 g/mol. The first kappa shape index (κ1) is 18.7. The van der Waals surface area contributed by atoms with Crippen LogP contribution in [0.15, 0.2) is 66.7 Å². The number of benzene rings is 2. The normalized spacial score (nSPS) is 11.3. The van der Waals surface area contributed by atoms with Crippen molar-refractivity contribution >= 4 is 5.82 Å². The van der Waals surface area contributed by atoms with Gasteiger partial charge in [-0.25, -0.2) is 4.39 Å². The van der Waals surface area contributed by atoms with Crippen LogP contribution in [0.25, 0.3) is 0 Å². The fraction of sp³-hybridized carbons (Fsp3) is 0.150. The lowest BCUT2D eigenvalue weighted by molar-refractivity contribution is -0.137. The Morgan fingerprint density at radius 3 is 2.44 bits per heavy atom. The van der Waals surface area contributed by atoms with Crippen LogP contribution in [0.3, 0.4) is 0 Å². The molecule has 1 heterocycles. The zero-order chi connectivity index (χ0) is 19.3. The van der Waals surface area contributed by atoms with Gasteiger partial charge in [0.05, 0.1) is 5.56 Å². The summed E-state index contributed by atoms with van der Waals surface area (Å²) in [7, 11) is 0. The van der Waals surface area contributed by atoms with Gasteiger partial charge in [-0.3, -0.25) is 0 Å². The van der Waals surface area contributed by atoms with Crippen molar-refractivity contribution in [3.63, 3.8) is 0 Å². The molecule has 0 unspecified atom stereocenters. The molecule has 0 bridgehead atoms. The summed E-state index contributed by atoms with van der Waals surface area (Å²) in [6, 6.07) is 16.8. The second-order valence-corrected chi connectivity index (χ2v) is 5.79. The van der Waals surface area contributed by atoms with E-state index in [-0.39, 0.29) is 12.1 Å². The lowest BCUT2D eigenvalue weighted by Gasteiger charge is -2.12. The van der Waals surface area contributed by atoms with Crippen LogP contribution in [0, 0.1) is 5.82 Å². The molecule has 1 N–H and O–H groups in total. The van der Waals surface area contributed by atoms with E-state index in [4.69, 9.17) is 4.74 Å². The van der Waals surface area contributed by atoms with Gasteiger partial charge in [-0.15, -0.1) is 0 Å². The van der Waals surface area contributed by atoms with Crippen LogP contribution >= 0.6 is 0 Å². The van der Waals surface area contributed by atoms with Gasteiger partial charge in [0.2, 0.25) is 5.88 Å². The number of hydrogen-bond acceptors (Lipinski definition) is 3. The summed E-state index contributed by atoms with van der Waals surface area (Å²) >= 11 is 0. The van der Waals surface area contributed by atoms with Gasteiger partial charge in [-0.05, 0) is 29.8 Å². The van der Waals surface area contributed by atoms with Crippen molar-refractivity contribution in [2.45, 2.75) is 19.3 Å². The Morgan fingerprint density at radius 1 is 0.926 bits per heavy atom. The van der Waals surface area contributed by atoms with Crippen molar-refractivity contribution in [2.75, 3.05) is 5.32 Å². The molecule has 2 aromatic carbocycles. The van der Waals surface area contributed by atoms with E-state index in [1.165, 1.54) is 0 Å². The van der Waals surface area contributed by atoms with Gasteiger partial charge in [-0.1, -0.05) is 36.4 Å². The van der Waals surface area contributed by atoms with Crippen molar-refractivity contribution in [3.05, 3.63) is 89.2 Å². The summed E-state index contributed by atoms with van der Waals surface area (Å²) in [5.74, 6) is 0.0118. The smallest absolute Gasteiger partial charge is 0.416 e. The Labute approximate surface area is 153 Å². The third-order valence-electron chi connectivity index (χ3n) is 3.79. The molecule has 140 valence electrons. The highest BCUT2D eigenvalue weighted by Crippen LogP contribution is 2.30. The fourth-order valence-corrected chi connectivity index (χ4v) is 2.40. The van der Waals surface area contributed by atoms with Crippen LogP contribution in [-0.4, -0.2) is 4.98 Å². The quantitative estimate of drug-likeness (QED) is 0.583. The summed E-state index contributed by atoms with van der Waals surface area (Å²) in [6.45, 7) is 0.199. The van der Waals surface area contributed by atoms with Crippen molar-refractivity contribution < 1.29 is 22.3 Å². The van der Waals surface area contributed by atoms with E-state index in [1.807, 2.05) is 30.3 Å². The molecule has 0 saturated heterocycles. The highest BCUT2D eigenvalue weighted by molar-refractivity contribution is 5.39. The van der Waals surface area contributed by atoms with Crippen molar-refractivity contribution in [1.82, 2.24) is 4.98 Å². The van der Waals surface area contributed by atoms with Gasteiger partial charge in [0.15, 0.2) is 0 Å². The Morgan fingerprint density at radius 2 is 1.70 bits per heavy atom. The molecule has 0 spiro atoms. The Kier molecular flexibility index (Phi) is 5.59. The maximum absolute atomic E-state index is 13.8. The molecule has 1 aromatic heterocycles. The standard InChI is InChI=1S/C20H16F4N2O/c21-17-10-9-16(20(22,23)24)11-15(17)12-25-18-7-4-8-19(26-18)27-13-14-5-2-1-3-6-14/h1-11H,12-13H2,(H,25,26). The molecule has 27 heavy (non-hydrogen) atoms. The lowest BCUT2D eigenvalue weighted by atomic mass is 10.1. The Balaban J connectivity index is 1.65. The van der Waals surface area contributed by atoms with Gasteiger partial charge < -0.3 is 10.1 Å². The van der Waals surface area contributed by atoms with E-state index in [9.17, 15) is 17.6 Å². The summed E-state index contributed by atoms with van der Waals surface area (Å²) in [4.78, 5) is 4.23. The molecule has 0 saturated carbocycles. The Hall–Kier alpha value is -3.09. The molecule has 0 fully saturated rings. The number of pyridine rings is 1. The van der Waals surface area contributed by atoms with E-state index >= 15 is 0 Å². The summed E-state index contributed by atoms with van der Waals surface area (Å²) in [6.07, 6.45) is -4.52. The number of alkyl halides is 3. The number of ether oxygens (including phenoxy) is 1. The number of hydrogen-bond donors (Lipinski definition) is 1. The number of halogens is 4. The maximum Gasteiger partial charge on any atom is 0.416 e. The van der Waals surface area contributed by atoms with Crippen LogP contribution in [-0.2, 0) is 19.3 Å². The molecule has 0 amide bonds. The number of nitrogens with one attached hydrogen (secondary N) is 1. The maximum atomic E-state index is 13.8. The molecule has 3 nitrogen and oxygen atoms in total. The zero-order valence-corrected chi connectivity index (χ0v) is 14.1. The second kappa shape index (κ2) is 8.07. The molecule has 0 aliphatic rings. The lowest BCUT2D eigenvalue weighted by Crippen LogP contribution is -2.09. The van der Waals surface area contributed by atoms with Crippen LogP contribution in [0.1, 0.15) is 16.7 Å². The minimum Gasteiger partial charge on any atom is -0.473 e. The van der Waals surface area contributed by atoms with E-state index < -0.39 is 17.6 Å². The van der Waals surface area contributed by atoms with E-state index in [2.05, 4.69) is 10.3 Å². The summed E-state index contributed by atoms with van der Waals surface area (Å²) < 4.78 is 57.7. The molecule has 3 aromatic rings. The Bertz CT molecular complexity index is 898. The van der Waals surface area contributed by atoms with Gasteiger partial charge >= 0.3 is 6.18 Å². The van der Waals surface area contributed by atoms with Crippen LogP contribution in [0.5, 0.6) is 5.88 Å². The molecule has 0 aliphatic carbocycles. The predicted octanol–water partition coefficient (Wildman–Crippen LogP) is 5.43. The number of aromatic nitrogens is 1. The third kappa shape index (κ3) is 5.20.